The van der Waals surface area contributed by atoms with E-state index < -0.39 is 29.2 Å². The second-order valence-corrected chi connectivity index (χ2v) is 9.58. The van der Waals surface area contributed by atoms with Crippen LogP contribution in [0.5, 0.6) is 5.75 Å². The number of hydrogen-bond donors (Lipinski definition) is 1. The topological polar surface area (TPSA) is 121 Å². The molecule has 0 aliphatic carbocycles. The summed E-state index contributed by atoms with van der Waals surface area (Å²) in [5.41, 5.74) is 5.88. The number of nitriles is 1. The summed E-state index contributed by atoms with van der Waals surface area (Å²) in [5, 5.41) is 9.37. The largest absolute Gasteiger partial charge is 0.487 e. The first-order valence-corrected chi connectivity index (χ1v) is 12.3. The number of nitrogens with two attached hydrogens (primary N) is 1. The minimum Gasteiger partial charge on any atom is -0.487 e. The van der Waals surface area contributed by atoms with Crippen molar-refractivity contribution in [2.75, 3.05) is 39.2 Å². The Labute approximate surface area is 225 Å². The Kier molecular flexibility index (Phi) is 7.97. The molecule has 9 nitrogen and oxygen atoms in total. The molecule has 2 unspecified atom stereocenters. The van der Waals surface area contributed by atoms with Gasteiger partial charge in [-0.15, -0.1) is 0 Å². The zero-order chi connectivity index (χ0) is 28.3. The Bertz CT molecular complexity index is 1380. The van der Waals surface area contributed by atoms with Crippen molar-refractivity contribution in [1.29, 1.82) is 5.26 Å². The number of carbonyl (C=O) groups is 2. The van der Waals surface area contributed by atoms with Gasteiger partial charge < -0.3 is 25.0 Å². The monoisotopic (exact) mass is 537 g/mol. The molecule has 1 saturated heterocycles. The number of amides is 2. The fraction of sp³-hybridized carbons (Fsp3) is 0.357. The van der Waals surface area contributed by atoms with Crippen molar-refractivity contribution in [2.45, 2.75) is 24.7 Å². The highest BCUT2D eigenvalue weighted by molar-refractivity contribution is 5.96. The molecule has 2 aliphatic rings. The number of rotatable bonds is 7. The maximum Gasteiger partial charge on any atom is 0.253 e. The zero-order valence-electron chi connectivity index (χ0n) is 21.9. The van der Waals surface area contributed by atoms with Crippen LogP contribution in [-0.4, -0.2) is 63.3 Å². The quantitative estimate of drug-likeness (QED) is 0.579. The van der Waals surface area contributed by atoms with E-state index in [0.29, 0.717) is 42.7 Å². The molecule has 2 amide bonds. The molecule has 0 aromatic heterocycles. The number of piperidine rings is 1. The summed E-state index contributed by atoms with van der Waals surface area (Å²) in [6.45, 7) is 0.925. The highest BCUT2D eigenvalue weighted by Gasteiger charge is 2.47. The van der Waals surface area contributed by atoms with E-state index in [-0.39, 0.29) is 23.3 Å². The van der Waals surface area contributed by atoms with Crippen molar-refractivity contribution in [1.82, 2.24) is 4.90 Å². The molecule has 1 fully saturated rings. The molecule has 0 spiro atoms. The van der Waals surface area contributed by atoms with Gasteiger partial charge in [-0.2, -0.15) is 5.26 Å². The van der Waals surface area contributed by atoms with Gasteiger partial charge in [0.05, 0.1) is 5.57 Å². The van der Waals surface area contributed by atoms with Gasteiger partial charge in [0.2, 0.25) is 11.6 Å². The first-order chi connectivity index (χ1) is 18.6. The lowest BCUT2D eigenvalue weighted by atomic mass is 9.83. The standard InChI is InChI=1S/C28H29F2N5O4/c1-34(2)27(37)18-4-6-21(28(38-3)22(26(32)36)12-17(15-31)16-33-28)24(13-18)35-10-8-20(9-11-35)39-25-7-5-19(29)14-23(25)30/h4-7,12-14,16,20,22H,8-11H2,1-3H3,(H2,32,36). The molecule has 39 heavy (non-hydrogen) atoms. The molecule has 4 rings (SSSR count). The van der Waals surface area contributed by atoms with Gasteiger partial charge in [0.1, 0.15) is 23.9 Å². The predicted octanol–water partition coefficient (Wildman–Crippen LogP) is 3.15. The van der Waals surface area contributed by atoms with Crippen molar-refractivity contribution in [3.05, 3.63) is 70.8 Å². The molecule has 11 heteroatoms. The van der Waals surface area contributed by atoms with Crippen molar-refractivity contribution in [3.8, 4) is 11.8 Å². The number of ether oxygens (including phenoxy) is 2. The Morgan fingerprint density at radius 1 is 1.18 bits per heavy atom. The minimum atomic E-state index is -1.56. The molecule has 2 heterocycles. The fourth-order valence-electron chi connectivity index (χ4n) is 4.90. The molecule has 204 valence electrons. The van der Waals surface area contributed by atoms with Crippen molar-refractivity contribution in [3.63, 3.8) is 0 Å². The fourth-order valence-corrected chi connectivity index (χ4v) is 4.90. The number of nitrogens with zero attached hydrogens (tertiary/aromatic N) is 4. The van der Waals surface area contributed by atoms with Crippen LogP contribution in [0.1, 0.15) is 28.8 Å². The third kappa shape index (κ3) is 5.47. The molecule has 2 aromatic rings. The first kappa shape index (κ1) is 27.7. The summed E-state index contributed by atoms with van der Waals surface area (Å²) >= 11 is 0. The van der Waals surface area contributed by atoms with E-state index >= 15 is 0 Å². The van der Waals surface area contributed by atoms with Crippen LogP contribution in [0.2, 0.25) is 0 Å². The van der Waals surface area contributed by atoms with Gasteiger partial charge in [0.25, 0.3) is 5.91 Å². The van der Waals surface area contributed by atoms with Gasteiger partial charge in [-0.1, -0.05) is 6.07 Å². The van der Waals surface area contributed by atoms with Gasteiger partial charge in [0, 0.05) is 76.2 Å². The second kappa shape index (κ2) is 11.2. The molecule has 2 aromatic carbocycles. The number of halogens is 2. The molecule has 2 atom stereocenters. The van der Waals surface area contributed by atoms with Crippen LogP contribution < -0.4 is 15.4 Å². The first-order valence-electron chi connectivity index (χ1n) is 12.3. The lowest BCUT2D eigenvalue weighted by molar-refractivity contribution is -0.131. The minimum absolute atomic E-state index is 0.0200. The number of dihydropyridines is 1. The van der Waals surface area contributed by atoms with E-state index in [1.165, 1.54) is 30.4 Å². The normalized spacial score (nSPS) is 21.2. The number of allylic oxidation sites excluding steroid dienone is 1. The number of aliphatic imine (C=N–C) groups is 1. The molecule has 2 N–H and O–H groups in total. The maximum atomic E-state index is 14.1. The number of hydrogen-bond acceptors (Lipinski definition) is 7. The van der Waals surface area contributed by atoms with Gasteiger partial charge in [-0.05, 0) is 30.3 Å². The summed E-state index contributed by atoms with van der Waals surface area (Å²) in [6.07, 6.45) is 3.45. The Morgan fingerprint density at radius 2 is 1.90 bits per heavy atom. The van der Waals surface area contributed by atoms with Crippen LogP contribution in [-0.2, 0) is 15.3 Å². The van der Waals surface area contributed by atoms with E-state index in [1.807, 2.05) is 11.0 Å². The van der Waals surface area contributed by atoms with Crippen LogP contribution in [0.25, 0.3) is 0 Å². The molecule has 0 radical (unpaired) electrons. The molecular weight excluding hydrogens is 508 g/mol. The summed E-state index contributed by atoms with van der Waals surface area (Å²) < 4.78 is 39.1. The Hall–Kier alpha value is -4.30. The van der Waals surface area contributed by atoms with Crippen LogP contribution in [0.15, 0.2) is 53.0 Å². The van der Waals surface area contributed by atoms with Crippen LogP contribution in [0, 0.1) is 28.9 Å². The number of carbonyl (C=O) groups excluding carboxylic acids is 2. The maximum absolute atomic E-state index is 14.1. The average Bonchev–Trinajstić information content (AvgIpc) is 2.93. The Balaban J connectivity index is 1.70. The highest BCUT2D eigenvalue weighted by atomic mass is 19.1. The van der Waals surface area contributed by atoms with Crippen LogP contribution in [0.3, 0.4) is 0 Å². The molecule has 0 bridgehead atoms. The third-order valence-electron chi connectivity index (χ3n) is 6.92. The van der Waals surface area contributed by atoms with E-state index in [2.05, 4.69) is 4.99 Å². The van der Waals surface area contributed by atoms with Gasteiger partial charge in [0.15, 0.2) is 11.6 Å². The summed E-state index contributed by atoms with van der Waals surface area (Å²) in [7, 11) is 4.69. The number of methoxy groups -OCH3 is 1. The van der Waals surface area contributed by atoms with E-state index in [9.17, 15) is 23.6 Å². The molecule has 2 aliphatic heterocycles. The van der Waals surface area contributed by atoms with E-state index in [1.54, 1.807) is 32.3 Å². The van der Waals surface area contributed by atoms with Crippen LogP contribution >= 0.6 is 0 Å². The van der Waals surface area contributed by atoms with Gasteiger partial charge >= 0.3 is 0 Å². The van der Waals surface area contributed by atoms with Crippen molar-refractivity contribution >= 4 is 23.7 Å². The summed E-state index contributed by atoms with van der Waals surface area (Å²) in [6, 6.07) is 10.2. The lowest BCUT2D eigenvalue weighted by Gasteiger charge is -2.40. The zero-order valence-corrected chi connectivity index (χ0v) is 21.9. The molecular formula is C28H29F2N5O4. The van der Waals surface area contributed by atoms with Crippen molar-refractivity contribution < 1.29 is 27.8 Å². The lowest BCUT2D eigenvalue weighted by Crippen LogP contribution is -2.46. The second-order valence-electron chi connectivity index (χ2n) is 9.58. The summed E-state index contributed by atoms with van der Waals surface area (Å²) in [4.78, 5) is 33.3. The number of primary amides is 1. The SMILES string of the molecule is COC1(c2ccc(C(=O)N(C)C)cc2N2CCC(Oc3ccc(F)cc3F)CC2)N=CC(C#N)=CC1C(N)=O. The Morgan fingerprint density at radius 3 is 2.49 bits per heavy atom. The average molecular weight is 538 g/mol. The molecule has 0 saturated carbocycles. The van der Waals surface area contributed by atoms with Crippen LogP contribution in [0.4, 0.5) is 14.5 Å². The smallest absolute Gasteiger partial charge is 0.253 e. The third-order valence-corrected chi connectivity index (χ3v) is 6.92. The van der Waals surface area contributed by atoms with Gasteiger partial charge in [-0.3, -0.25) is 14.6 Å². The number of benzene rings is 2. The number of anilines is 1. The predicted molar refractivity (Wildman–Crippen MR) is 140 cm³/mol. The summed E-state index contributed by atoms with van der Waals surface area (Å²) in [5.74, 6) is -3.50. The van der Waals surface area contributed by atoms with E-state index in [0.717, 1.165) is 12.1 Å². The van der Waals surface area contributed by atoms with Crippen molar-refractivity contribution in [2.24, 2.45) is 16.6 Å². The highest BCUT2D eigenvalue weighted by Crippen LogP contribution is 2.44. The van der Waals surface area contributed by atoms with Gasteiger partial charge in [-0.25, -0.2) is 8.78 Å². The van der Waals surface area contributed by atoms with E-state index in [4.69, 9.17) is 15.2 Å².